The molecule has 22 heavy (non-hydrogen) atoms. The van der Waals surface area contributed by atoms with Crippen molar-refractivity contribution in [2.75, 3.05) is 0 Å². The summed E-state index contributed by atoms with van der Waals surface area (Å²) in [7, 11) is 0. The van der Waals surface area contributed by atoms with Gasteiger partial charge in [-0.2, -0.15) is 0 Å². The van der Waals surface area contributed by atoms with Gasteiger partial charge in [0.25, 0.3) is 0 Å². The van der Waals surface area contributed by atoms with Crippen LogP contribution in [0.5, 0.6) is 5.75 Å². The number of aromatic nitrogens is 2. The van der Waals surface area contributed by atoms with Gasteiger partial charge in [0.15, 0.2) is 0 Å². The first kappa shape index (κ1) is 14.5. The van der Waals surface area contributed by atoms with E-state index in [1.54, 1.807) is 12.1 Å². The van der Waals surface area contributed by atoms with Crippen molar-refractivity contribution >= 4 is 22.6 Å². The topological polar surface area (TPSA) is 57.9 Å². The maximum absolute atomic E-state index is 12.5. The zero-order chi connectivity index (χ0) is 15.9. The minimum atomic E-state index is -4.83. The molecule has 1 aromatic heterocycles. The molecule has 0 saturated carbocycles. The zero-order valence-electron chi connectivity index (χ0n) is 10.8. The van der Waals surface area contributed by atoms with E-state index in [0.717, 1.165) is 0 Å². The van der Waals surface area contributed by atoms with E-state index in [-0.39, 0.29) is 10.6 Å². The fraction of sp³-hybridized carbons (Fsp3) is 0.0714. The summed E-state index contributed by atoms with van der Waals surface area (Å²) in [4.78, 5) is 16.3. The summed E-state index contributed by atoms with van der Waals surface area (Å²) < 4.78 is 41.5. The number of benzene rings is 2. The number of fused-ring (bicyclic) bond motifs is 1. The Kier molecular flexibility index (Phi) is 3.37. The summed E-state index contributed by atoms with van der Waals surface area (Å²) in [5.74, 6) is -0.405. The molecule has 0 unspecified atom stereocenters. The molecule has 2 N–H and O–H groups in total. The molecule has 0 fully saturated rings. The van der Waals surface area contributed by atoms with Crippen LogP contribution in [0.4, 0.5) is 13.2 Å². The summed E-state index contributed by atoms with van der Waals surface area (Å²) in [5, 5.41) is 0.110. The quantitative estimate of drug-likeness (QED) is 0.745. The van der Waals surface area contributed by atoms with E-state index in [2.05, 4.69) is 14.7 Å². The van der Waals surface area contributed by atoms with Crippen molar-refractivity contribution in [1.29, 1.82) is 0 Å². The fourth-order valence-electron chi connectivity index (χ4n) is 2.18. The van der Waals surface area contributed by atoms with Crippen LogP contribution in [0.2, 0.25) is 5.02 Å². The standard InChI is InChI=1S/C14H8ClF3N2O2/c15-8-2-1-3-11(22-14(16,17)18)12(8)7-4-5-9-10(6-7)20-13(21)19-9/h1-6H,(H2,19,20,21). The Morgan fingerprint density at radius 3 is 2.50 bits per heavy atom. The molecule has 0 aliphatic heterocycles. The van der Waals surface area contributed by atoms with Gasteiger partial charge in [-0.05, 0) is 29.8 Å². The van der Waals surface area contributed by atoms with Gasteiger partial charge < -0.3 is 14.7 Å². The molecular weight excluding hydrogens is 321 g/mol. The second kappa shape index (κ2) is 5.10. The van der Waals surface area contributed by atoms with Gasteiger partial charge >= 0.3 is 12.1 Å². The van der Waals surface area contributed by atoms with Gasteiger partial charge in [-0.25, -0.2) is 4.79 Å². The highest BCUT2D eigenvalue weighted by atomic mass is 35.5. The lowest BCUT2D eigenvalue weighted by molar-refractivity contribution is -0.274. The van der Waals surface area contributed by atoms with Crippen molar-refractivity contribution in [2.45, 2.75) is 6.36 Å². The van der Waals surface area contributed by atoms with Crippen molar-refractivity contribution in [3.8, 4) is 16.9 Å². The van der Waals surface area contributed by atoms with Crippen molar-refractivity contribution < 1.29 is 17.9 Å². The molecule has 0 aliphatic rings. The molecule has 1 heterocycles. The minimum absolute atomic E-state index is 0.102. The van der Waals surface area contributed by atoms with Crippen LogP contribution in [0.25, 0.3) is 22.2 Å². The van der Waals surface area contributed by atoms with Crippen LogP contribution in [0.15, 0.2) is 41.2 Å². The summed E-state index contributed by atoms with van der Waals surface area (Å²) >= 11 is 6.02. The predicted molar refractivity (Wildman–Crippen MR) is 76.0 cm³/mol. The highest BCUT2D eigenvalue weighted by molar-refractivity contribution is 6.33. The molecule has 2 aromatic carbocycles. The molecule has 114 valence electrons. The van der Waals surface area contributed by atoms with E-state index >= 15 is 0 Å². The maximum atomic E-state index is 12.5. The molecule has 3 rings (SSSR count). The summed E-state index contributed by atoms with van der Waals surface area (Å²) in [6, 6.07) is 8.66. The van der Waals surface area contributed by atoms with Crippen LogP contribution in [0.1, 0.15) is 0 Å². The molecule has 0 spiro atoms. The van der Waals surface area contributed by atoms with Gasteiger partial charge in [0.1, 0.15) is 5.75 Å². The number of aromatic amines is 2. The fourth-order valence-corrected chi connectivity index (χ4v) is 2.46. The van der Waals surface area contributed by atoms with E-state index in [1.165, 1.54) is 24.3 Å². The number of nitrogens with one attached hydrogen (secondary N) is 2. The molecule has 3 aromatic rings. The predicted octanol–water partition coefficient (Wildman–Crippen LogP) is 4.08. The van der Waals surface area contributed by atoms with Crippen LogP contribution in [-0.4, -0.2) is 16.3 Å². The van der Waals surface area contributed by atoms with E-state index in [0.29, 0.717) is 16.6 Å². The van der Waals surface area contributed by atoms with E-state index < -0.39 is 17.8 Å². The highest BCUT2D eigenvalue weighted by Crippen LogP contribution is 2.39. The number of H-pyrrole nitrogens is 2. The SMILES string of the molecule is O=c1[nH]c2ccc(-c3c(Cl)cccc3OC(F)(F)F)cc2[nH]1. The molecule has 0 atom stereocenters. The Labute approximate surface area is 126 Å². The Balaban J connectivity index is 2.18. The first-order valence-corrected chi connectivity index (χ1v) is 6.48. The van der Waals surface area contributed by atoms with Gasteiger partial charge in [-0.1, -0.05) is 23.7 Å². The molecule has 0 radical (unpaired) electrons. The second-order valence-corrected chi connectivity index (χ2v) is 4.91. The Morgan fingerprint density at radius 2 is 1.77 bits per heavy atom. The van der Waals surface area contributed by atoms with Crippen molar-refractivity contribution in [3.63, 3.8) is 0 Å². The molecule has 0 amide bonds. The molecule has 0 bridgehead atoms. The third-order valence-electron chi connectivity index (χ3n) is 3.01. The lowest BCUT2D eigenvalue weighted by Crippen LogP contribution is -2.17. The van der Waals surface area contributed by atoms with Gasteiger partial charge in [0.05, 0.1) is 16.1 Å². The molecule has 0 aliphatic carbocycles. The van der Waals surface area contributed by atoms with Gasteiger partial charge in [-0.3, -0.25) is 0 Å². The second-order valence-electron chi connectivity index (χ2n) is 4.50. The summed E-state index contributed by atoms with van der Waals surface area (Å²) in [6.45, 7) is 0. The number of ether oxygens (including phenoxy) is 1. The Bertz CT molecular complexity index is 899. The number of alkyl halides is 3. The Hall–Kier alpha value is -2.41. The van der Waals surface area contributed by atoms with Crippen LogP contribution in [-0.2, 0) is 0 Å². The van der Waals surface area contributed by atoms with Crippen LogP contribution >= 0.6 is 11.6 Å². The summed E-state index contributed by atoms with van der Waals surface area (Å²) in [5.41, 5.74) is 1.09. The smallest absolute Gasteiger partial charge is 0.405 e. The maximum Gasteiger partial charge on any atom is 0.573 e. The van der Waals surface area contributed by atoms with Gasteiger partial charge in [-0.15, -0.1) is 13.2 Å². The van der Waals surface area contributed by atoms with Crippen LogP contribution < -0.4 is 10.4 Å². The number of imidazole rings is 1. The average Bonchev–Trinajstić information content (AvgIpc) is 2.76. The van der Waals surface area contributed by atoms with E-state index in [9.17, 15) is 18.0 Å². The Morgan fingerprint density at radius 1 is 1.05 bits per heavy atom. The van der Waals surface area contributed by atoms with Gasteiger partial charge in [0, 0.05) is 5.56 Å². The first-order chi connectivity index (χ1) is 10.3. The third kappa shape index (κ3) is 2.80. The normalized spacial score (nSPS) is 11.8. The van der Waals surface area contributed by atoms with Crippen LogP contribution in [0, 0.1) is 0 Å². The summed E-state index contributed by atoms with van der Waals surface area (Å²) in [6.07, 6.45) is -4.83. The lowest BCUT2D eigenvalue weighted by atomic mass is 10.0. The van der Waals surface area contributed by atoms with E-state index in [1.807, 2.05) is 0 Å². The lowest BCUT2D eigenvalue weighted by Gasteiger charge is -2.14. The van der Waals surface area contributed by atoms with Crippen LogP contribution in [0.3, 0.4) is 0 Å². The highest BCUT2D eigenvalue weighted by Gasteiger charge is 2.32. The number of halogens is 4. The van der Waals surface area contributed by atoms with Crippen molar-refractivity contribution in [1.82, 2.24) is 9.97 Å². The van der Waals surface area contributed by atoms with Crippen molar-refractivity contribution in [3.05, 3.63) is 51.9 Å². The molecular formula is C14H8ClF3N2O2. The molecule has 8 heteroatoms. The first-order valence-electron chi connectivity index (χ1n) is 6.10. The minimum Gasteiger partial charge on any atom is -0.405 e. The number of rotatable bonds is 2. The average molecular weight is 329 g/mol. The molecule has 0 saturated heterocycles. The van der Waals surface area contributed by atoms with Gasteiger partial charge in [0.2, 0.25) is 0 Å². The number of hydrogen-bond acceptors (Lipinski definition) is 2. The zero-order valence-corrected chi connectivity index (χ0v) is 11.5. The third-order valence-corrected chi connectivity index (χ3v) is 3.32. The molecule has 4 nitrogen and oxygen atoms in total. The van der Waals surface area contributed by atoms with Crippen molar-refractivity contribution in [2.24, 2.45) is 0 Å². The monoisotopic (exact) mass is 328 g/mol. The van der Waals surface area contributed by atoms with E-state index in [4.69, 9.17) is 11.6 Å². The number of hydrogen-bond donors (Lipinski definition) is 2. The largest absolute Gasteiger partial charge is 0.573 e.